The van der Waals surface area contributed by atoms with E-state index < -0.39 is 110 Å². The number of halogens is 3. The highest BCUT2D eigenvalue weighted by atomic mass is 32.2. The predicted molar refractivity (Wildman–Crippen MR) is 134 cm³/mol. The van der Waals surface area contributed by atoms with Crippen molar-refractivity contribution in [2.24, 2.45) is 11.8 Å². The monoisotopic (exact) mass is 571 g/mol. The zero-order chi connectivity index (χ0) is 32.6. The van der Waals surface area contributed by atoms with E-state index in [-0.39, 0.29) is 24.4 Å². The second-order valence-electron chi connectivity index (χ2n) is 10.1. The fraction of sp³-hybridized carbons (Fsp3) is 0.481. The van der Waals surface area contributed by atoms with Gasteiger partial charge in [0.05, 0.1) is 28.2 Å². The first kappa shape index (κ1) is 21.8. The molecule has 2 amide bonds. The molecule has 210 valence electrons. The number of sulfone groups is 1. The van der Waals surface area contributed by atoms with Crippen LogP contribution in [0.4, 0.5) is 18.9 Å². The second kappa shape index (κ2) is 10.2. The van der Waals surface area contributed by atoms with Crippen LogP contribution in [0.1, 0.15) is 62.1 Å². The number of carbonyl (C=O) groups is 2. The number of aliphatic hydroxyl groups excluding tert-OH is 1. The smallest absolute Gasteiger partial charge is 0.255 e. The first-order chi connectivity index (χ1) is 20.2. The van der Waals surface area contributed by atoms with Gasteiger partial charge in [-0.15, -0.1) is 0 Å². The molecule has 2 bridgehead atoms. The van der Waals surface area contributed by atoms with E-state index in [4.69, 9.17) is 6.85 Å². The lowest BCUT2D eigenvalue weighted by Gasteiger charge is -2.42. The standard InChI is InChI=1S/C27H29F3N2O6S/c28-22-11-18(12-23(29)25(22)30)32-26(35)14-2-1-3-20(6-14)39(37,38)21-7-15-4-5-16(8-21)27(15,36)13-24(34)31-17-9-19(33)10-17/h1-3,6,11-12,15-17,19,21,33,36H,4-5,7-10,13H2,(H,31,34)(H,32,35)/t15-,16?,17?,19?,21?,27?/m0/s1/i4D2,5D2,21D. The Morgan fingerprint density at radius 3 is 2.26 bits per heavy atom. The Morgan fingerprint density at radius 2 is 1.67 bits per heavy atom. The number of hydrogen-bond acceptors (Lipinski definition) is 6. The minimum Gasteiger partial charge on any atom is -0.393 e. The molecular formula is C27H29F3N2O6S. The van der Waals surface area contributed by atoms with E-state index in [1.807, 2.05) is 0 Å². The molecule has 3 unspecified atom stereocenters. The topological polar surface area (TPSA) is 133 Å². The van der Waals surface area contributed by atoms with Crippen LogP contribution in [0.5, 0.6) is 0 Å². The number of hydrogen-bond donors (Lipinski definition) is 4. The lowest BCUT2D eigenvalue weighted by atomic mass is 9.72. The summed E-state index contributed by atoms with van der Waals surface area (Å²) in [4.78, 5) is 25.0. The second-order valence-corrected chi connectivity index (χ2v) is 12.2. The average Bonchev–Trinajstić information content (AvgIpc) is 2.96. The zero-order valence-electron chi connectivity index (χ0n) is 25.4. The Kier molecular flexibility index (Phi) is 5.71. The molecule has 0 spiro atoms. The van der Waals surface area contributed by atoms with Gasteiger partial charge in [0.25, 0.3) is 5.91 Å². The highest BCUT2D eigenvalue weighted by Crippen LogP contribution is 2.53. The number of rotatable bonds is 7. The Morgan fingerprint density at radius 1 is 1.05 bits per heavy atom. The molecule has 5 rings (SSSR count). The maximum absolute atomic E-state index is 13.9. The third-order valence-electron chi connectivity index (χ3n) is 7.45. The molecule has 3 aliphatic rings. The fourth-order valence-corrected chi connectivity index (χ4v) is 6.84. The predicted octanol–water partition coefficient (Wildman–Crippen LogP) is 3.08. The maximum atomic E-state index is 13.9. The van der Waals surface area contributed by atoms with Crippen molar-refractivity contribution in [2.45, 2.75) is 72.7 Å². The van der Waals surface area contributed by atoms with Crippen molar-refractivity contribution in [2.75, 3.05) is 5.32 Å². The molecule has 39 heavy (non-hydrogen) atoms. The van der Waals surface area contributed by atoms with Crippen molar-refractivity contribution in [3.8, 4) is 0 Å². The molecular weight excluding hydrogens is 537 g/mol. The summed E-state index contributed by atoms with van der Waals surface area (Å²) in [5, 5.41) is 23.3. The van der Waals surface area contributed by atoms with Crippen molar-refractivity contribution in [3.63, 3.8) is 0 Å². The molecule has 4 atom stereocenters. The zero-order valence-corrected chi connectivity index (χ0v) is 21.2. The van der Waals surface area contributed by atoms with Gasteiger partial charge in [0, 0.05) is 36.3 Å². The summed E-state index contributed by atoms with van der Waals surface area (Å²) in [5.74, 6) is -10.2. The van der Waals surface area contributed by atoms with Gasteiger partial charge in [-0.05, 0) is 68.5 Å². The van der Waals surface area contributed by atoms with Gasteiger partial charge in [-0.1, -0.05) is 6.07 Å². The largest absolute Gasteiger partial charge is 0.393 e. The Balaban J connectivity index is 1.42. The van der Waals surface area contributed by atoms with Crippen LogP contribution in [0.2, 0.25) is 0 Å². The van der Waals surface area contributed by atoms with E-state index in [0.29, 0.717) is 12.1 Å². The van der Waals surface area contributed by atoms with Crippen LogP contribution >= 0.6 is 0 Å². The van der Waals surface area contributed by atoms with Gasteiger partial charge in [0.1, 0.15) is 0 Å². The average molecular weight is 572 g/mol. The Bertz CT molecular complexity index is 1590. The van der Waals surface area contributed by atoms with Crippen molar-refractivity contribution in [1.29, 1.82) is 0 Å². The van der Waals surface area contributed by atoms with E-state index in [0.717, 1.165) is 18.2 Å². The number of amides is 2. The summed E-state index contributed by atoms with van der Waals surface area (Å²) < 4.78 is 111. The molecule has 0 radical (unpaired) electrons. The molecule has 2 aromatic rings. The van der Waals surface area contributed by atoms with Gasteiger partial charge in [-0.25, -0.2) is 21.6 Å². The Labute approximate surface area is 230 Å². The van der Waals surface area contributed by atoms with Crippen LogP contribution in [0.3, 0.4) is 0 Å². The van der Waals surface area contributed by atoms with E-state index in [1.165, 1.54) is 6.07 Å². The molecule has 2 aromatic carbocycles. The summed E-state index contributed by atoms with van der Waals surface area (Å²) in [6.45, 7) is 0. The lowest BCUT2D eigenvalue weighted by molar-refractivity contribution is -0.134. The summed E-state index contributed by atoms with van der Waals surface area (Å²) in [6, 6.07) is 4.93. The van der Waals surface area contributed by atoms with Crippen molar-refractivity contribution in [3.05, 3.63) is 59.4 Å². The number of fused-ring (bicyclic) bond motifs is 2. The van der Waals surface area contributed by atoms with Gasteiger partial charge in [0.15, 0.2) is 27.3 Å². The maximum Gasteiger partial charge on any atom is 0.255 e. The minimum atomic E-state index is -4.79. The molecule has 3 saturated carbocycles. The fourth-order valence-electron chi connectivity index (χ4n) is 5.20. The molecule has 0 heterocycles. The van der Waals surface area contributed by atoms with Crippen LogP contribution in [-0.2, 0) is 14.6 Å². The Hall–Kier alpha value is -2.96. The third kappa shape index (κ3) is 5.29. The quantitative estimate of drug-likeness (QED) is 0.378. The highest BCUT2D eigenvalue weighted by Gasteiger charge is 2.56. The van der Waals surface area contributed by atoms with E-state index in [1.54, 1.807) is 0 Å². The van der Waals surface area contributed by atoms with E-state index in [2.05, 4.69) is 10.6 Å². The minimum absolute atomic E-state index is 0.279. The molecule has 0 aliphatic heterocycles. The molecule has 3 aliphatic carbocycles. The van der Waals surface area contributed by atoms with Crippen LogP contribution in [0.15, 0.2) is 41.3 Å². The van der Waals surface area contributed by atoms with E-state index in [9.17, 15) is 41.4 Å². The van der Waals surface area contributed by atoms with Crippen LogP contribution in [-0.4, -0.2) is 53.4 Å². The lowest BCUT2D eigenvalue weighted by Crippen LogP contribution is -2.53. The first-order valence-corrected chi connectivity index (χ1v) is 13.7. The molecule has 12 heteroatoms. The number of nitrogens with one attached hydrogen (secondary N) is 2. The van der Waals surface area contributed by atoms with Crippen LogP contribution < -0.4 is 10.6 Å². The van der Waals surface area contributed by atoms with Gasteiger partial charge in [-0.3, -0.25) is 9.59 Å². The van der Waals surface area contributed by atoms with Gasteiger partial charge >= 0.3 is 0 Å². The first-order valence-electron chi connectivity index (χ1n) is 14.7. The van der Waals surface area contributed by atoms with E-state index >= 15 is 0 Å². The van der Waals surface area contributed by atoms with Crippen molar-refractivity contribution < 1.29 is 48.2 Å². The van der Waals surface area contributed by atoms with Gasteiger partial charge in [-0.2, -0.15) is 0 Å². The number of carbonyl (C=O) groups excluding carboxylic acids is 2. The molecule has 4 N–H and O–H groups in total. The summed E-state index contributed by atoms with van der Waals surface area (Å²) in [6.07, 6.45) is -8.21. The summed E-state index contributed by atoms with van der Waals surface area (Å²) in [5.41, 5.74) is -3.11. The van der Waals surface area contributed by atoms with Gasteiger partial charge in [0.2, 0.25) is 5.91 Å². The molecule has 0 saturated heterocycles. The van der Waals surface area contributed by atoms with Crippen molar-refractivity contribution in [1.82, 2.24) is 5.32 Å². The molecule has 3 fully saturated rings. The third-order valence-corrected chi connectivity index (χ3v) is 9.42. The number of benzene rings is 2. The number of anilines is 1. The van der Waals surface area contributed by atoms with Crippen LogP contribution in [0, 0.1) is 29.3 Å². The van der Waals surface area contributed by atoms with Gasteiger partial charge < -0.3 is 20.8 Å². The van der Waals surface area contributed by atoms with Crippen LogP contribution in [0.25, 0.3) is 0 Å². The number of aliphatic hydroxyl groups is 2. The normalized spacial score (nSPS) is 36.3. The molecule has 0 aromatic heterocycles. The highest BCUT2D eigenvalue weighted by molar-refractivity contribution is 7.92. The SMILES string of the molecule is [2H]C1([2H])C2CC([2H])(S(=O)(=O)c3cccc(C(=O)Nc4cc(F)c(F)c(F)c4)c3)C[C@@H](C2(O)CC(=O)NC2CC(O)C2)C1([2H])[2H]. The molecule has 8 nitrogen and oxygen atoms in total. The summed E-state index contributed by atoms with van der Waals surface area (Å²) in [7, 11) is -4.79. The summed E-state index contributed by atoms with van der Waals surface area (Å²) >= 11 is 0. The van der Waals surface area contributed by atoms with Crippen molar-refractivity contribution >= 4 is 27.3 Å².